The minimum atomic E-state index is -4.86. The number of rotatable bonds is 11. The first kappa shape index (κ1) is 36.1. The lowest BCUT2D eigenvalue weighted by molar-refractivity contribution is -0.274. The molecule has 0 spiro atoms. The lowest BCUT2D eigenvalue weighted by Crippen LogP contribution is -2.31. The highest BCUT2D eigenvalue weighted by Gasteiger charge is 2.34. The van der Waals surface area contributed by atoms with Gasteiger partial charge in [-0.1, -0.05) is 48.8 Å². The molecule has 0 N–H and O–H groups in total. The number of ether oxygens (including phenoxy) is 2. The summed E-state index contributed by atoms with van der Waals surface area (Å²) in [5.41, 5.74) is 6.65. The average Bonchev–Trinajstić information content (AvgIpc) is 3.39. The van der Waals surface area contributed by atoms with Gasteiger partial charge in [0.25, 0.3) is 5.91 Å². The maximum absolute atomic E-state index is 14.6. The van der Waals surface area contributed by atoms with Crippen molar-refractivity contribution < 1.29 is 27.4 Å². The molecule has 2 aromatic heterocycles. The molecule has 4 aromatic rings. The maximum Gasteiger partial charge on any atom is 0.573 e. The van der Waals surface area contributed by atoms with Gasteiger partial charge in [0.2, 0.25) is 0 Å². The molecule has 0 unspecified atom stereocenters. The van der Waals surface area contributed by atoms with Gasteiger partial charge in [-0.2, -0.15) is 5.10 Å². The number of nitrogens with zero attached hydrogens (tertiary/aromatic N) is 4. The van der Waals surface area contributed by atoms with Crippen LogP contribution in [0, 0.1) is 13.8 Å². The highest BCUT2D eigenvalue weighted by atomic mass is 35.5. The number of hydrogen-bond acceptors (Lipinski definition) is 4. The molecule has 49 heavy (non-hydrogen) atoms. The summed E-state index contributed by atoms with van der Waals surface area (Å²) in [7, 11) is 1.88. The fraction of sp³-hybridized carbons (Fsp3) is 0.351. The van der Waals surface area contributed by atoms with Crippen LogP contribution in [0.1, 0.15) is 60.5 Å². The molecule has 2 aromatic carbocycles. The summed E-state index contributed by atoms with van der Waals surface area (Å²) < 4.78 is 53.4. The van der Waals surface area contributed by atoms with E-state index < -0.39 is 12.1 Å². The Balaban J connectivity index is 1.62. The van der Waals surface area contributed by atoms with Crippen molar-refractivity contribution in [2.75, 3.05) is 18.1 Å². The Labute approximate surface area is 294 Å². The number of carbonyl (C=O) groups excluding carboxylic acids is 1. The fourth-order valence-electron chi connectivity index (χ4n) is 6.39. The minimum absolute atomic E-state index is 0.295. The number of halogens is 5. The molecular weight excluding hydrogens is 676 g/mol. The van der Waals surface area contributed by atoms with E-state index in [4.69, 9.17) is 27.9 Å². The summed E-state index contributed by atoms with van der Waals surface area (Å²) in [6, 6.07) is 9.31. The Morgan fingerprint density at radius 2 is 1.90 bits per heavy atom. The molecule has 7 nitrogen and oxygen atoms in total. The molecule has 0 radical (unpaired) electrons. The van der Waals surface area contributed by atoms with Crippen molar-refractivity contribution in [3.63, 3.8) is 0 Å². The summed E-state index contributed by atoms with van der Waals surface area (Å²) in [6.07, 6.45) is 1.34. The molecule has 1 amide bonds. The van der Waals surface area contributed by atoms with Gasteiger partial charge in [0.1, 0.15) is 17.2 Å². The van der Waals surface area contributed by atoms with Gasteiger partial charge in [-0.3, -0.25) is 9.48 Å². The molecule has 0 fully saturated rings. The number of aryl methyl sites for hydroxylation is 4. The number of amides is 1. The lowest BCUT2D eigenvalue weighted by Gasteiger charge is -2.22. The van der Waals surface area contributed by atoms with Gasteiger partial charge in [-0.05, 0) is 87.9 Å². The Morgan fingerprint density at radius 3 is 2.55 bits per heavy atom. The number of carbonyl (C=O) groups is 1. The molecule has 3 heterocycles. The third-order valence-corrected chi connectivity index (χ3v) is 9.26. The second-order valence-corrected chi connectivity index (χ2v) is 12.9. The van der Waals surface area contributed by atoms with Crippen LogP contribution in [-0.2, 0) is 24.8 Å². The van der Waals surface area contributed by atoms with Crippen LogP contribution in [-0.4, -0.2) is 39.8 Å². The van der Waals surface area contributed by atoms with Crippen LogP contribution in [0.5, 0.6) is 5.75 Å². The van der Waals surface area contributed by atoms with E-state index in [-0.39, 0.29) is 5.91 Å². The van der Waals surface area contributed by atoms with Crippen LogP contribution in [0.25, 0.3) is 22.0 Å². The van der Waals surface area contributed by atoms with Crippen LogP contribution in [0.2, 0.25) is 5.02 Å². The third-order valence-electron chi connectivity index (χ3n) is 8.64. The molecule has 0 bridgehead atoms. The molecule has 0 atom stereocenters. The van der Waals surface area contributed by atoms with E-state index in [1.165, 1.54) is 23.1 Å². The van der Waals surface area contributed by atoms with Gasteiger partial charge < -0.3 is 18.9 Å². The molecule has 0 saturated carbocycles. The number of allylic oxidation sites excluding steroid dienone is 4. The Hall–Kier alpha value is -4.15. The van der Waals surface area contributed by atoms with Crippen molar-refractivity contribution in [2.24, 2.45) is 7.05 Å². The zero-order valence-electron chi connectivity index (χ0n) is 28.2. The number of aromatic nitrogens is 3. The average molecular weight is 716 g/mol. The molecule has 5 rings (SSSR count). The summed E-state index contributed by atoms with van der Waals surface area (Å²) >= 11 is 13.0. The molecule has 12 heteroatoms. The zero-order valence-corrected chi connectivity index (χ0v) is 29.7. The summed E-state index contributed by atoms with van der Waals surface area (Å²) in [5.74, 6) is -0.0297. The normalized spacial score (nSPS) is 14.3. The van der Waals surface area contributed by atoms with Gasteiger partial charge in [-0.25, -0.2) is 0 Å². The predicted octanol–water partition coefficient (Wildman–Crippen LogP) is 10.2. The monoisotopic (exact) mass is 714 g/mol. The highest BCUT2D eigenvalue weighted by Crippen LogP contribution is 2.43. The standard InChI is InChI=1S/C37H39Cl2F3N4O3/c1-7-11-27(20-22(2)23(3)38)48-19-9-14-29-30-15-16-31(39)33(32-24(4)43-44(6)25(32)5)34(30)46-18-10-17-45(36(47)35(29)46)26-12-8-13-28(21-26)49-37(40,41)42/h8,11-13,15-16,20-21H,3,7,9-10,14,17-19H2,1-2,4-6H3/b22-20-,27-11+. The number of hydrogen-bond donors (Lipinski definition) is 0. The van der Waals surface area contributed by atoms with E-state index in [9.17, 15) is 18.0 Å². The van der Waals surface area contributed by atoms with E-state index >= 15 is 0 Å². The zero-order chi connectivity index (χ0) is 35.6. The minimum Gasteiger partial charge on any atom is -0.494 e. The Kier molecular flexibility index (Phi) is 10.9. The Morgan fingerprint density at radius 1 is 1.14 bits per heavy atom. The second-order valence-electron chi connectivity index (χ2n) is 12.0. The number of benzene rings is 2. The van der Waals surface area contributed by atoms with Crippen molar-refractivity contribution in [2.45, 2.75) is 66.3 Å². The topological polar surface area (TPSA) is 61.5 Å². The molecule has 1 aliphatic rings. The van der Waals surface area contributed by atoms with Crippen LogP contribution >= 0.6 is 23.2 Å². The SMILES string of the molecule is C=C(Cl)/C(C)=C\C(=C/CC)OCCCc1c2n(c3c(-c4c(C)nn(C)c4C)c(Cl)ccc13)CCCN(c1cccc(OC(F)(F)F)c1)C2=O. The Bertz CT molecular complexity index is 1970. The van der Waals surface area contributed by atoms with Crippen molar-refractivity contribution in [3.05, 3.63) is 99.2 Å². The number of anilines is 1. The fourth-order valence-corrected chi connectivity index (χ4v) is 6.69. The van der Waals surface area contributed by atoms with Crippen molar-refractivity contribution in [1.29, 1.82) is 0 Å². The first-order chi connectivity index (χ1) is 23.2. The van der Waals surface area contributed by atoms with Crippen molar-refractivity contribution in [3.8, 4) is 16.9 Å². The maximum atomic E-state index is 14.6. The van der Waals surface area contributed by atoms with Crippen LogP contribution in [0.3, 0.4) is 0 Å². The molecular formula is C37H39Cl2F3N4O3. The van der Waals surface area contributed by atoms with Gasteiger partial charge in [0, 0.05) is 59.1 Å². The van der Waals surface area contributed by atoms with Gasteiger partial charge >= 0.3 is 6.36 Å². The number of fused-ring (bicyclic) bond motifs is 3. The summed E-state index contributed by atoms with van der Waals surface area (Å²) in [6.45, 7) is 12.7. The first-order valence-electron chi connectivity index (χ1n) is 16.1. The van der Waals surface area contributed by atoms with E-state index in [1.807, 2.05) is 68.3 Å². The highest BCUT2D eigenvalue weighted by molar-refractivity contribution is 6.35. The summed E-state index contributed by atoms with van der Waals surface area (Å²) in [4.78, 5) is 16.2. The second kappa shape index (κ2) is 14.8. The van der Waals surface area contributed by atoms with E-state index in [0.717, 1.165) is 51.0 Å². The molecule has 260 valence electrons. The van der Waals surface area contributed by atoms with Crippen LogP contribution in [0.4, 0.5) is 18.9 Å². The predicted molar refractivity (Wildman–Crippen MR) is 189 cm³/mol. The molecule has 0 saturated heterocycles. The molecule has 0 aliphatic carbocycles. The largest absolute Gasteiger partial charge is 0.573 e. The number of alkyl halides is 3. The van der Waals surface area contributed by atoms with Gasteiger partial charge in [-0.15, -0.1) is 13.2 Å². The quantitative estimate of drug-likeness (QED) is 0.0881. The van der Waals surface area contributed by atoms with Crippen molar-refractivity contribution >= 4 is 45.7 Å². The van der Waals surface area contributed by atoms with Crippen molar-refractivity contribution in [1.82, 2.24) is 14.3 Å². The van der Waals surface area contributed by atoms with E-state index in [0.29, 0.717) is 66.2 Å². The van der Waals surface area contributed by atoms with Gasteiger partial charge in [0.15, 0.2) is 0 Å². The first-order valence-corrected chi connectivity index (χ1v) is 16.8. The van der Waals surface area contributed by atoms with Gasteiger partial charge in [0.05, 0.1) is 22.8 Å². The van der Waals surface area contributed by atoms with Crippen LogP contribution < -0.4 is 9.64 Å². The van der Waals surface area contributed by atoms with E-state index in [1.54, 1.807) is 6.07 Å². The lowest BCUT2D eigenvalue weighted by atomic mass is 9.98. The van der Waals surface area contributed by atoms with E-state index in [2.05, 4.69) is 16.4 Å². The third kappa shape index (κ3) is 7.70. The smallest absolute Gasteiger partial charge is 0.494 e. The van der Waals surface area contributed by atoms with Crippen LogP contribution in [0.15, 0.2) is 71.5 Å². The summed E-state index contributed by atoms with van der Waals surface area (Å²) in [5, 5.41) is 6.48. The molecule has 1 aliphatic heterocycles.